The third-order valence-electron chi connectivity index (χ3n) is 14.8. The van der Waals surface area contributed by atoms with Gasteiger partial charge < -0.3 is 34.1 Å². The Morgan fingerprint density at radius 2 is 0.910 bits per heavy atom. The summed E-state index contributed by atoms with van der Waals surface area (Å²) in [6.45, 7) is 0.160. The van der Waals surface area contributed by atoms with Gasteiger partial charge in [0.05, 0.1) is 19.8 Å². The second-order valence-corrected chi connectivity index (χ2v) is 22.4. The maximum atomic E-state index is 15.7. The molecule has 0 saturated carbocycles. The summed E-state index contributed by atoms with van der Waals surface area (Å²) in [7, 11) is -1.35. The van der Waals surface area contributed by atoms with Crippen molar-refractivity contribution in [3.05, 3.63) is 274 Å². The number of hydrogen-bond acceptors (Lipinski definition) is 12. The number of pyridine rings is 3. The first kappa shape index (κ1) is 77.9. The molecule has 33 heteroatoms. The summed E-state index contributed by atoms with van der Waals surface area (Å²) in [6.07, 6.45) is -4.30. The van der Waals surface area contributed by atoms with Crippen LogP contribution in [0.4, 0.5) is 79.0 Å². The largest absolute Gasteiger partial charge is 0.573 e. The summed E-state index contributed by atoms with van der Waals surface area (Å²) in [4.78, 5) is 14.7. The Hall–Kier alpha value is -9.41. The molecule has 0 amide bonds. The van der Waals surface area contributed by atoms with Crippen molar-refractivity contribution >= 4 is 28.5 Å². The highest BCUT2D eigenvalue weighted by Crippen LogP contribution is 2.58. The molecule has 0 spiro atoms. The minimum Gasteiger partial charge on any atom is -0.423 e. The molecule has 3 N–H and O–H groups in total. The lowest BCUT2D eigenvalue weighted by Crippen LogP contribution is -2.48. The quantitative estimate of drug-likeness (QED) is 0.0475. The Morgan fingerprint density at radius 1 is 0.510 bits per heavy atom. The number of aliphatic hydroxyl groups is 1. The summed E-state index contributed by atoms with van der Waals surface area (Å²) >= 11 is 3.10. The van der Waals surface area contributed by atoms with E-state index >= 15 is 17.6 Å². The van der Waals surface area contributed by atoms with Gasteiger partial charge in [0.25, 0.3) is 0 Å². The second kappa shape index (κ2) is 30.6. The fraction of sp³-hybridized carbons (Fsp3) is 0.209. The Morgan fingerprint density at radius 3 is 1.26 bits per heavy atom. The number of halogens is 19. The van der Waals surface area contributed by atoms with Gasteiger partial charge in [-0.1, -0.05) is 81.1 Å². The number of epoxide rings is 2. The molecule has 13 nitrogen and oxygen atoms in total. The SMILES string of the molecule is C.C.Cc1ccc(B(O)O)cc1.Fc1ccc(C2(C(F)(F)c3ccc(-c4ccc(OC(F)(F)F)cc4)cn3)CO2)c(F)c1.Fc1ccc(C2(C(F)(F)c3ccc(Br)cn3)CO2)c(F)c1.OC(Cn1cncn1)(c1ccc(F)cc1F)C(F)(F)c1ccc(-c2ccc(OC(F)(F)F)cc2)cn1. The smallest absolute Gasteiger partial charge is 0.423 e. The zero-order chi connectivity index (χ0) is 71.4. The number of alkyl halides is 12. The molecule has 6 aromatic carbocycles. The predicted molar refractivity (Wildman–Crippen MR) is 329 cm³/mol. The van der Waals surface area contributed by atoms with Crippen molar-refractivity contribution < 1.29 is 113 Å². The first-order chi connectivity index (χ1) is 46.0. The van der Waals surface area contributed by atoms with Crippen molar-refractivity contribution in [2.75, 3.05) is 13.2 Å². The Labute approximate surface area is 565 Å². The number of rotatable bonds is 16. The van der Waals surface area contributed by atoms with E-state index in [-0.39, 0.29) is 32.6 Å². The molecule has 6 heterocycles. The highest BCUT2D eigenvalue weighted by atomic mass is 79.9. The van der Waals surface area contributed by atoms with Gasteiger partial charge in [0.1, 0.15) is 76.1 Å². The summed E-state index contributed by atoms with van der Waals surface area (Å²) in [6, 6.07) is 29.9. The molecule has 0 aliphatic carbocycles. The maximum Gasteiger partial charge on any atom is 0.573 e. The van der Waals surface area contributed by atoms with Gasteiger partial charge in [-0.05, 0) is 124 Å². The van der Waals surface area contributed by atoms with E-state index in [4.69, 9.17) is 19.5 Å². The molecular weight excluding hydrogens is 1430 g/mol. The van der Waals surface area contributed by atoms with E-state index in [0.29, 0.717) is 50.9 Å². The molecule has 2 aliphatic heterocycles. The Kier molecular flexibility index (Phi) is 23.9. The van der Waals surface area contributed by atoms with Crippen LogP contribution in [0.2, 0.25) is 0 Å². The van der Waals surface area contributed by atoms with Crippen molar-refractivity contribution in [1.82, 2.24) is 29.7 Å². The van der Waals surface area contributed by atoms with E-state index in [1.807, 2.05) is 19.1 Å². The highest BCUT2D eigenvalue weighted by Gasteiger charge is 2.69. The molecule has 2 fully saturated rings. The number of benzene rings is 6. The van der Waals surface area contributed by atoms with Crippen molar-refractivity contribution in [1.29, 1.82) is 0 Å². The molecule has 2 aliphatic rings. The molecule has 100 heavy (non-hydrogen) atoms. The molecule has 0 bridgehead atoms. The van der Waals surface area contributed by atoms with Crippen molar-refractivity contribution in [3.8, 4) is 33.8 Å². The lowest BCUT2D eigenvalue weighted by atomic mass is 9.80. The first-order valence-electron chi connectivity index (χ1n) is 28.0. The molecule has 4 aromatic heterocycles. The van der Waals surface area contributed by atoms with E-state index in [1.165, 1.54) is 48.7 Å². The van der Waals surface area contributed by atoms with E-state index in [9.17, 15) is 66.6 Å². The van der Waals surface area contributed by atoms with Crippen LogP contribution in [0.5, 0.6) is 11.5 Å². The fourth-order valence-corrected chi connectivity index (χ4v) is 9.88. The molecule has 12 rings (SSSR count). The van der Waals surface area contributed by atoms with E-state index in [0.717, 1.165) is 108 Å². The average Bonchev–Trinajstić information content (AvgIpc) is 1.53. The molecule has 528 valence electrons. The zero-order valence-electron chi connectivity index (χ0n) is 49.5. The monoisotopic (exact) mass is 1480 g/mol. The summed E-state index contributed by atoms with van der Waals surface area (Å²) in [5.74, 6) is -18.8. The van der Waals surface area contributed by atoms with Gasteiger partial charge in [-0.15, -0.1) is 26.3 Å². The Bertz CT molecular complexity index is 4350. The van der Waals surface area contributed by atoms with Crippen LogP contribution in [0.15, 0.2) is 200 Å². The minimum absolute atomic E-state index is 0. The third kappa shape index (κ3) is 17.6. The van der Waals surface area contributed by atoms with Gasteiger partial charge in [0.2, 0.25) is 0 Å². The van der Waals surface area contributed by atoms with Gasteiger partial charge in [0.15, 0.2) is 16.8 Å². The van der Waals surface area contributed by atoms with Crippen LogP contribution < -0.4 is 14.9 Å². The molecule has 0 radical (unpaired) electrons. The standard InChI is InChI=1S/C23H15F7N4O2.C21H12F7NO2.C14H8BrF4NO.C7H9BO2.2CH4/c24-16-4-7-18(19(25)9-16)21(35,11-34-13-31-12-33-34)22(26,27)20-8-3-15(10-32-20)14-1-5-17(6-2-14)36-23(28,29)30;22-14-4-7-16(17(23)9-14)19(11-30-19)20(24,25)18-8-3-13(10-29-18)12-1-5-15(6-2-12)31-21(26,27)28;15-8-1-4-12(20-6-8)14(18,19)13(7-21-13)10-3-2-9(16)5-11(10)17;1-6-2-4-7(5-3-6)8(9)10;;/h1-10,12-13,35H,11H2;1-10H,11H2;1-6H,7H2;2-5,9-10H,1H3;2*1H4. The van der Waals surface area contributed by atoms with Crippen molar-refractivity contribution in [2.45, 2.75) is 75.6 Å². The summed E-state index contributed by atoms with van der Waals surface area (Å²) < 4.78 is 265. The van der Waals surface area contributed by atoms with Gasteiger partial charge in [0, 0.05) is 69.1 Å². The Balaban J connectivity index is 0.000000199. The highest BCUT2D eigenvalue weighted by molar-refractivity contribution is 9.10. The molecule has 10 aromatic rings. The summed E-state index contributed by atoms with van der Waals surface area (Å²) in [5.41, 5.74) is -8.60. The van der Waals surface area contributed by atoms with Crippen LogP contribution >= 0.6 is 15.9 Å². The number of hydrogen-bond donors (Lipinski definition) is 3. The second-order valence-electron chi connectivity index (χ2n) is 21.4. The summed E-state index contributed by atoms with van der Waals surface area (Å²) in [5, 5.41) is 32.2. The minimum atomic E-state index is -4.87. The van der Waals surface area contributed by atoms with Crippen LogP contribution in [0.25, 0.3) is 22.3 Å². The van der Waals surface area contributed by atoms with Gasteiger partial charge in [-0.2, -0.15) is 31.4 Å². The van der Waals surface area contributed by atoms with Crippen LogP contribution in [-0.2, 0) is 50.6 Å². The molecule has 3 unspecified atom stereocenters. The lowest BCUT2D eigenvalue weighted by molar-refractivity contribution is -0.275. The average molecular weight is 1490 g/mol. The molecule has 2 saturated heterocycles. The lowest BCUT2D eigenvalue weighted by Gasteiger charge is -2.36. The molecular formula is C67H52BBrF18N6O7. The van der Waals surface area contributed by atoms with E-state index in [1.54, 1.807) is 12.1 Å². The molecule has 3 atom stereocenters. The van der Waals surface area contributed by atoms with Gasteiger partial charge in [-0.3, -0.25) is 15.0 Å². The van der Waals surface area contributed by atoms with Gasteiger partial charge in [-0.25, -0.2) is 36.0 Å². The first-order valence-corrected chi connectivity index (χ1v) is 28.8. The zero-order valence-corrected chi connectivity index (χ0v) is 51.1. The number of aryl methyl sites for hydroxylation is 1. The fourth-order valence-electron chi connectivity index (χ4n) is 9.64. The normalized spacial score (nSPS) is 16.2. The van der Waals surface area contributed by atoms with Crippen molar-refractivity contribution in [3.63, 3.8) is 0 Å². The van der Waals surface area contributed by atoms with E-state index in [2.05, 4.69) is 50.4 Å². The van der Waals surface area contributed by atoms with Crippen LogP contribution in [-0.4, -0.2) is 77.9 Å². The number of nitrogens with zero attached hydrogens (tertiary/aromatic N) is 6. The topological polar surface area (TPSA) is 174 Å². The number of aromatic nitrogens is 6. The number of ether oxygens (including phenoxy) is 4. The van der Waals surface area contributed by atoms with E-state index < -0.39 is 142 Å². The van der Waals surface area contributed by atoms with Crippen LogP contribution in [0, 0.1) is 41.8 Å². The maximum absolute atomic E-state index is 15.7. The van der Waals surface area contributed by atoms with Crippen LogP contribution in [0.1, 0.15) is 54.2 Å². The predicted octanol–water partition coefficient (Wildman–Crippen LogP) is 16.2. The van der Waals surface area contributed by atoms with Crippen LogP contribution in [0.3, 0.4) is 0 Å². The van der Waals surface area contributed by atoms with Gasteiger partial charge >= 0.3 is 37.6 Å². The third-order valence-corrected chi connectivity index (χ3v) is 15.3. The van der Waals surface area contributed by atoms with Crippen molar-refractivity contribution in [2.24, 2.45) is 0 Å².